The molecule has 1 rings (SSSR count). The summed E-state index contributed by atoms with van der Waals surface area (Å²) in [6.07, 6.45) is 2.92. The molecule has 4 atom stereocenters. The number of ether oxygens (including phenoxy) is 1. The van der Waals surface area contributed by atoms with Gasteiger partial charge in [-0.25, -0.2) is 0 Å². The Kier molecular flexibility index (Phi) is 7.20. The SMILES string of the molecule is CCNC(CN1CCC(C)C(OC)C1)C(C)CC. The van der Waals surface area contributed by atoms with Crippen LogP contribution < -0.4 is 5.32 Å². The minimum atomic E-state index is 0.415. The zero-order valence-corrected chi connectivity index (χ0v) is 12.9. The molecular weight excluding hydrogens is 224 g/mol. The first-order valence-electron chi connectivity index (χ1n) is 7.60. The highest BCUT2D eigenvalue weighted by Crippen LogP contribution is 2.20. The fourth-order valence-corrected chi connectivity index (χ4v) is 2.84. The van der Waals surface area contributed by atoms with Crippen molar-refractivity contribution >= 4 is 0 Å². The van der Waals surface area contributed by atoms with E-state index in [4.69, 9.17) is 4.74 Å². The molecule has 0 radical (unpaired) electrons. The summed E-state index contributed by atoms with van der Waals surface area (Å²) in [5, 5.41) is 3.64. The number of nitrogens with zero attached hydrogens (tertiary/aromatic N) is 1. The summed E-state index contributed by atoms with van der Waals surface area (Å²) < 4.78 is 5.60. The molecule has 1 N–H and O–H groups in total. The normalized spacial score (nSPS) is 29.2. The van der Waals surface area contributed by atoms with E-state index in [-0.39, 0.29) is 0 Å². The monoisotopic (exact) mass is 256 g/mol. The topological polar surface area (TPSA) is 24.5 Å². The molecule has 0 spiro atoms. The summed E-state index contributed by atoms with van der Waals surface area (Å²) >= 11 is 0. The van der Waals surface area contributed by atoms with E-state index in [2.05, 4.69) is 37.9 Å². The first kappa shape index (κ1) is 15.9. The summed E-state index contributed by atoms with van der Waals surface area (Å²) in [5.74, 6) is 1.44. The average molecular weight is 256 g/mol. The number of rotatable bonds is 7. The van der Waals surface area contributed by atoms with Crippen LogP contribution in [0.15, 0.2) is 0 Å². The number of nitrogens with one attached hydrogen (secondary N) is 1. The largest absolute Gasteiger partial charge is 0.380 e. The fraction of sp³-hybridized carbons (Fsp3) is 1.00. The molecule has 0 saturated carbocycles. The second kappa shape index (κ2) is 8.13. The van der Waals surface area contributed by atoms with Crippen molar-refractivity contribution in [2.24, 2.45) is 11.8 Å². The lowest BCUT2D eigenvalue weighted by atomic mass is 9.93. The van der Waals surface area contributed by atoms with Gasteiger partial charge in [-0.1, -0.05) is 34.1 Å². The first-order valence-corrected chi connectivity index (χ1v) is 7.60. The minimum Gasteiger partial charge on any atom is -0.380 e. The van der Waals surface area contributed by atoms with Crippen LogP contribution in [-0.2, 0) is 4.74 Å². The molecule has 1 aliphatic rings. The van der Waals surface area contributed by atoms with E-state index >= 15 is 0 Å². The van der Waals surface area contributed by atoms with E-state index < -0.39 is 0 Å². The van der Waals surface area contributed by atoms with E-state index in [0.29, 0.717) is 18.1 Å². The summed E-state index contributed by atoms with van der Waals surface area (Å²) in [4.78, 5) is 2.58. The maximum absolute atomic E-state index is 5.60. The maximum Gasteiger partial charge on any atom is 0.0724 e. The van der Waals surface area contributed by atoms with Crippen LogP contribution in [0.2, 0.25) is 0 Å². The third-order valence-electron chi connectivity index (χ3n) is 4.53. The molecule has 1 saturated heterocycles. The molecule has 0 aromatic heterocycles. The molecule has 0 amide bonds. The van der Waals surface area contributed by atoms with Gasteiger partial charge < -0.3 is 10.1 Å². The quantitative estimate of drug-likeness (QED) is 0.757. The Morgan fingerprint density at radius 2 is 2.11 bits per heavy atom. The molecule has 108 valence electrons. The third-order valence-corrected chi connectivity index (χ3v) is 4.53. The van der Waals surface area contributed by atoms with Gasteiger partial charge in [0.05, 0.1) is 6.10 Å². The molecule has 1 fully saturated rings. The lowest BCUT2D eigenvalue weighted by Gasteiger charge is -2.39. The van der Waals surface area contributed by atoms with Crippen LogP contribution in [0.3, 0.4) is 0 Å². The van der Waals surface area contributed by atoms with Crippen LogP contribution in [0.5, 0.6) is 0 Å². The molecule has 0 aromatic rings. The minimum absolute atomic E-state index is 0.415. The Morgan fingerprint density at radius 3 is 2.67 bits per heavy atom. The van der Waals surface area contributed by atoms with Gasteiger partial charge in [0.1, 0.15) is 0 Å². The number of methoxy groups -OCH3 is 1. The van der Waals surface area contributed by atoms with Gasteiger partial charge in [-0.2, -0.15) is 0 Å². The molecular formula is C15H32N2O. The van der Waals surface area contributed by atoms with Crippen molar-refractivity contribution in [3.05, 3.63) is 0 Å². The van der Waals surface area contributed by atoms with Crippen molar-refractivity contribution in [1.82, 2.24) is 10.2 Å². The summed E-state index contributed by atoms with van der Waals surface area (Å²) in [7, 11) is 1.85. The van der Waals surface area contributed by atoms with E-state index in [1.54, 1.807) is 0 Å². The molecule has 1 aliphatic heterocycles. The van der Waals surface area contributed by atoms with Crippen molar-refractivity contribution in [1.29, 1.82) is 0 Å². The predicted octanol–water partition coefficient (Wildman–Crippen LogP) is 2.37. The van der Waals surface area contributed by atoms with Crippen molar-refractivity contribution in [2.75, 3.05) is 33.3 Å². The van der Waals surface area contributed by atoms with Crippen LogP contribution in [0.4, 0.5) is 0 Å². The highest BCUT2D eigenvalue weighted by atomic mass is 16.5. The van der Waals surface area contributed by atoms with Crippen LogP contribution in [0.25, 0.3) is 0 Å². The van der Waals surface area contributed by atoms with E-state index in [1.807, 2.05) is 7.11 Å². The maximum atomic E-state index is 5.60. The molecule has 18 heavy (non-hydrogen) atoms. The van der Waals surface area contributed by atoms with Crippen LogP contribution in [0.1, 0.15) is 40.5 Å². The Hall–Kier alpha value is -0.120. The Labute approximate surface area is 113 Å². The van der Waals surface area contributed by atoms with Crippen LogP contribution >= 0.6 is 0 Å². The van der Waals surface area contributed by atoms with Gasteiger partial charge in [-0.05, 0) is 31.3 Å². The van der Waals surface area contributed by atoms with Gasteiger partial charge in [0, 0.05) is 26.2 Å². The number of hydrogen-bond acceptors (Lipinski definition) is 3. The Morgan fingerprint density at radius 1 is 1.39 bits per heavy atom. The molecule has 0 aromatic carbocycles. The fourth-order valence-electron chi connectivity index (χ4n) is 2.84. The van der Waals surface area contributed by atoms with Crippen molar-refractivity contribution < 1.29 is 4.74 Å². The van der Waals surface area contributed by atoms with Crippen LogP contribution in [0, 0.1) is 11.8 Å². The number of likely N-dealkylation sites (N-methyl/N-ethyl adjacent to an activating group) is 1. The Balaban J connectivity index is 2.48. The molecule has 1 heterocycles. The molecule has 0 bridgehead atoms. The first-order chi connectivity index (χ1) is 8.62. The third kappa shape index (κ3) is 4.52. The van der Waals surface area contributed by atoms with Gasteiger partial charge in [-0.15, -0.1) is 0 Å². The number of piperidine rings is 1. The molecule has 3 nitrogen and oxygen atoms in total. The van der Waals surface area contributed by atoms with Crippen LogP contribution in [-0.4, -0.2) is 50.3 Å². The smallest absolute Gasteiger partial charge is 0.0724 e. The van der Waals surface area contributed by atoms with E-state index in [1.165, 1.54) is 19.4 Å². The second-order valence-electron chi connectivity index (χ2n) is 5.85. The van der Waals surface area contributed by atoms with Gasteiger partial charge >= 0.3 is 0 Å². The molecule has 0 aliphatic carbocycles. The van der Waals surface area contributed by atoms with Crippen molar-refractivity contribution in [3.63, 3.8) is 0 Å². The second-order valence-corrected chi connectivity index (χ2v) is 5.85. The molecule has 3 heteroatoms. The van der Waals surface area contributed by atoms with Gasteiger partial charge in [0.25, 0.3) is 0 Å². The van der Waals surface area contributed by atoms with Gasteiger partial charge in [0.15, 0.2) is 0 Å². The Bertz CT molecular complexity index is 223. The average Bonchev–Trinajstić information content (AvgIpc) is 2.39. The van der Waals surface area contributed by atoms with Crippen molar-refractivity contribution in [2.45, 2.75) is 52.7 Å². The van der Waals surface area contributed by atoms with E-state index in [9.17, 15) is 0 Å². The van der Waals surface area contributed by atoms with E-state index in [0.717, 1.165) is 25.6 Å². The number of hydrogen-bond donors (Lipinski definition) is 1. The lowest BCUT2D eigenvalue weighted by molar-refractivity contribution is -0.00908. The van der Waals surface area contributed by atoms with Gasteiger partial charge in [0.2, 0.25) is 0 Å². The van der Waals surface area contributed by atoms with Gasteiger partial charge in [-0.3, -0.25) is 4.90 Å². The predicted molar refractivity (Wildman–Crippen MR) is 77.9 cm³/mol. The highest BCUT2D eigenvalue weighted by Gasteiger charge is 2.28. The lowest BCUT2D eigenvalue weighted by Crippen LogP contribution is -2.50. The highest BCUT2D eigenvalue weighted by molar-refractivity contribution is 4.83. The number of likely N-dealkylation sites (tertiary alicyclic amines) is 1. The summed E-state index contributed by atoms with van der Waals surface area (Å²) in [6.45, 7) is 13.7. The summed E-state index contributed by atoms with van der Waals surface area (Å²) in [6, 6.07) is 0.617. The van der Waals surface area contributed by atoms with Crippen molar-refractivity contribution in [3.8, 4) is 0 Å². The zero-order chi connectivity index (χ0) is 13.5. The zero-order valence-electron chi connectivity index (χ0n) is 12.9. The standard InChI is InChI=1S/C15H32N2O/c1-6-12(3)14(16-7-2)10-17-9-8-13(4)15(11-17)18-5/h12-16H,6-11H2,1-5H3. The summed E-state index contributed by atoms with van der Waals surface area (Å²) in [5.41, 5.74) is 0. The molecule has 4 unspecified atom stereocenters.